The van der Waals surface area contributed by atoms with Crippen LogP contribution in [0, 0.1) is 5.82 Å². The van der Waals surface area contributed by atoms with Crippen LogP contribution in [-0.2, 0) is 27.6 Å². The zero-order valence-corrected chi connectivity index (χ0v) is 17.3. The number of hydrogen-bond acceptors (Lipinski definition) is 5. The molecule has 0 heterocycles. The number of esters is 1. The van der Waals surface area contributed by atoms with Crippen molar-refractivity contribution in [1.29, 1.82) is 0 Å². The maximum atomic E-state index is 14.0. The number of benzene rings is 2. The molecule has 0 spiro atoms. The van der Waals surface area contributed by atoms with Gasteiger partial charge in [0.2, 0.25) is 15.8 Å². The summed E-state index contributed by atoms with van der Waals surface area (Å²) < 4.78 is 45.8. The van der Waals surface area contributed by atoms with E-state index >= 15 is 0 Å². The first-order valence-corrected chi connectivity index (χ1v) is 11.0. The van der Waals surface area contributed by atoms with Gasteiger partial charge in [-0.1, -0.05) is 18.2 Å². The first-order chi connectivity index (χ1) is 14.2. The molecule has 0 bridgehead atoms. The number of ether oxygens (including phenoxy) is 1. The smallest absolute Gasteiger partial charge is 0.338 e. The summed E-state index contributed by atoms with van der Waals surface area (Å²) in [5.41, 5.74) is 2.62. The lowest BCUT2D eigenvalue weighted by molar-refractivity contribution is 0.0318. The molecule has 3 rings (SSSR count). The van der Waals surface area contributed by atoms with Gasteiger partial charge in [-0.15, -0.1) is 6.58 Å². The molecule has 1 unspecified atom stereocenters. The number of sulfonamides is 1. The minimum atomic E-state index is -4.17. The van der Waals surface area contributed by atoms with E-state index in [9.17, 15) is 22.4 Å². The minimum absolute atomic E-state index is 0.0945. The fourth-order valence-electron chi connectivity index (χ4n) is 3.32. The van der Waals surface area contributed by atoms with Crippen molar-refractivity contribution in [2.45, 2.75) is 37.2 Å². The third-order valence-corrected chi connectivity index (χ3v) is 6.35. The molecule has 0 saturated heterocycles. The van der Waals surface area contributed by atoms with Gasteiger partial charge in [0, 0.05) is 12.1 Å². The molecule has 2 aromatic rings. The third kappa shape index (κ3) is 4.66. The van der Waals surface area contributed by atoms with Gasteiger partial charge < -0.3 is 4.74 Å². The summed E-state index contributed by atoms with van der Waals surface area (Å²) in [7, 11) is -4.17. The number of ketones is 1. The Balaban J connectivity index is 1.76. The zero-order chi connectivity index (χ0) is 21.9. The standard InChI is InChI=1S/C22H22FNO5S/c1-3-11-24-30(27,28)20-13-18(9-10-19(20)23)22(26)29-14(2)21(25)17-8-7-15-5-4-6-16(15)12-17/h3,7-10,12-14,24H,1,4-6,11H2,2H3. The average Bonchev–Trinajstić information content (AvgIpc) is 3.19. The van der Waals surface area contributed by atoms with Crippen LogP contribution in [0.1, 0.15) is 45.2 Å². The number of hydrogen-bond donors (Lipinski definition) is 1. The lowest BCUT2D eigenvalue weighted by Gasteiger charge is -2.14. The fourth-order valence-corrected chi connectivity index (χ4v) is 4.42. The van der Waals surface area contributed by atoms with Crippen molar-refractivity contribution in [1.82, 2.24) is 4.72 Å². The molecular formula is C22H22FNO5S. The quantitative estimate of drug-likeness (QED) is 0.394. The molecule has 0 saturated carbocycles. The Bertz CT molecular complexity index is 1110. The molecule has 2 aromatic carbocycles. The number of nitrogens with one attached hydrogen (secondary N) is 1. The van der Waals surface area contributed by atoms with Gasteiger partial charge >= 0.3 is 5.97 Å². The number of rotatable bonds is 8. The van der Waals surface area contributed by atoms with Crippen molar-refractivity contribution in [3.05, 3.63) is 77.1 Å². The molecule has 158 valence electrons. The summed E-state index contributed by atoms with van der Waals surface area (Å²) in [6, 6.07) is 8.31. The van der Waals surface area contributed by atoms with Crippen LogP contribution >= 0.6 is 0 Å². The second-order valence-corrected chi connectivity index (χ2v) is 8.77. The number of carbonyl (C=O) groups excluding carboxylic acids is 2. The predicted molar refractivity (Wildman–Crippen MR) is 109 cm³/mol. The molecule has 1 atom stereocenters. The zero-order valence-electron chi connectivity index (χ0n) is 16.5. The van der Waals surface area contributed by atoms with Crippen molar-refractivity contribution in [3.63, 3.8) is 0 Å². The van der Waals surface area contributed by atoms with Crippen molar-refractivity contribution in [2.75, 3.05) is 6.54 Å². The van der Waals surface area contributed by atoms with E-state index in [1.165, 1.54) is 18.6 Å². The van der Waals surface area contributed by atoms with Gasteiger partial charge in [0.25, 0.3) is 0 Å². The van der Waals surface area contributed by atoms with Gasteiger partial charge in [-0.25, -0.2) is 22.3 Å². The van der Waals surface area contributed by atoms with Crippen LogP contribution in [0.25, 0.3) is 0 Å². The van der Waals surface area contributed by atoms with Crippen LogP contribution in [0.5, 0.6) is 0 Å². The molecule has 0 aliphatic heterocycles. The van der Waals surface area contributed by atoms with E-state index < -0.39 is 32.8 Å². The molecule has 0 aromatic heterocycles. The molecular weight excluding hydrogens is 409 g/mol. The molecule has 8 heteroatoms. The van der Waals surface area contributed by atoms with Gasteiger partial charge in [-0.3, -0.25) is 4.79 Å². The normalized spacial score (nSPS) is 14.1. The van der Waals surface area contributed by atoms with Crippen LogP contribution in [-0.4, -0.2) is 32.8 Å². The van der Waals surface area contributed by atoms with Gasteiger partial charge in [-0.2, -0.15) is 0 Å². The Labute approximate surface area is 174 Å². The predicted octanol–water partition coefficient (Wildman–Crippen LogP) is 3.21. The van der Waals surface area contributed by atoms with Gasteiger partial charge in [0.15, 0.2) is 6.10 Å². The van der Waals surface area contributed by atoms with Crippen molar-refractivity contribution in [2.24, 2.45) is 0 Å². The summed E-state index contributed by atoms with van der Waals surface area (Å²) in [4.78, 5) is 24.4. The molecule has 1 aliphatic rings. The second kappa shape index (κ2) is 8.89. The summed E-state index contributed by atoms with van der Waals surface area (Å²) in [6.07, 6.45) is 3.18. The number of aryl methyl sites for hydroxylation is 2. The Morgan fingerprint density at radius 2 is 1.87 bits per heavy atom. The minimum Gasteiger partial charge on any atom is -0.451 e. The summed E-state index contributed by atoms with van der Waals surface area (Å²) in [5, 5.41) is 0. The highest BCUT2D eigenvalue weighted by Crippen LogP contribution is 2.24. The van der Waals surface area contributed by atoms with E-state index in [1.54, 1.807) is 6.07 Å². The maximum absolute atomic E-state index is 14.0. The third-order valence-electron chi connectivity index (χ3n) is 4.91. The Morgan fingerprint density at radius 1 is 1.17 bits per heavy atom. The summed E-state index contributed by atoms with van der Waals surface area (Å²) in [5.74, 6) is -2.29. The molecule has 1 N–H and O–H groups in total. The van der Waals surface area contributed by atoms with Crippen LogP contribution in [0.4, 0.5) is 4.39 Å². The van der Waals surface area contributed by atoms with E-state index in [-0.39, 0.29) is 17.9 Å². The Hall–Kier alpha value is -2.84. The van der Waals surface area contributed by atoms with E-state index in [0.29, 0.717) is 5.56 Å². The van der Waals surface area contributed by atoms with Crippen molar-refractivity contribution >= 4 is 21.8 Å². The van der Waals surface area contributed by atoms with Gasteiger partial charge in [0.05, 0.1) is 5.56 Å². The Morgan fingerprint density at radius 3 is 2.60 bits per heavy atom. The van der Waals surface area contributed by atoms with E-state index in [4.69, 9.17) is 4.74 Å². The highest BCUT2D eigenvalue weighted by Gasteiger charge is 2.25. The van der Waals surface area contributed by atoms with Crippen LogP contribution in [0.3, 0.4) is 0 Å². The number of halogens is 1. The molecule has 0 amide bonds. The van der Waals surface area contributed by atoms with Crippen LogP contribution < -0.4 is 4.72 Å². The number of fused-ring (bicyclic) bond motifs is 1. The van der Waals surface area contributed by atoms with Gasteiger partial charge in [0.1, 0.15) is 10.7 Å². The summed E-state index contributed by atoms with van der Waals surface area (Å²) in [6.45, 7) is 4.74. The molecule has 30 heavy (non-hydrogen) atoms. The van der Waals surface area contributed by atoms with Crippen LogP contribution in [0.2, 0.25) is 0 Å². The first-order valence-electron chi connectivity index (χ1n) is 9.50. The Kier molecular flexibility index (Phi) is 6.48. The monoisotopic (exact) mass is 431 g/mol. The lowest BCUT2D eigenvalue weighted by atomic mass is 10.0. The topological polar surface area (TPSA) is 89.5 Å². The molecule has 1 aliphatic carbocycles. The largest absolute Gasteiger partial charge is 0.451 e. The highest BCUT2D eigenvalue weighted by atomic mass is 32.2. The molecule has 6 nitrogen and oxygen atoms in total. The van der Waals surface area contributed by atoms with E-state index in [0.717, 1.165) is 43.0 Å². The van der Waals surface area contributed by atoms with E-state index in [1.807, 2.05) is 12.1 Å². The van der Waals surface area contributed by atoms with Gasteiger partial charge in [-0.05, 0) is 61.6 Å². The number of carbonyl (C=O) groups is 2. The SMILES string of the molecule is C=CCNS(=O)(=O)c1cc(C(=O)OC(C)C(=O)c2ccc3c(c2)CCC3)ccc1F. The summed E-state index contributed by atoms with van der Waals surface area (Å²) >= 11 is 0. The molecule has 0 radical (unpaired) electrons. The average molecular weight is 431 g/mol. The van der Waals surface area contributed by atoms with E-state index in [2.05, 4.69) is 11.3 Å². The van der Waals surface area contributed by atoms with Crippen molar-refractivity contribution < 1.29 is 27.1 Å². The highest BCUT2D eigenvalue weighted by molar-refractivity contribution is 7.89. The number of Topliss-reactive ketones (excluding diaryl/α,β-unsaturated/α-hetero) is 1. The maximum Gasteiger partial charge on any atom is 0.338 e. The lowest BCUT2D eigenvalue weighted by Crippen LogP contribution is -2.26. The van der Waals surface area contributed by atoms with Crippen molar-refractivity contribution in [3.8, 4) is 0 Å². The molecule has 0 fully saturated rings. The second-order valence-electron chi connectivity index (χ2n) is 7.03. The van der Waals surface area contributed by atoms with Crippen LogP contribution in [0.15, 0.2) is 53.9 Å². The fraction of sp³-hybridized carbons (Fsp3) is 0.273. The first kappa shape index (κ1) is 21.9.